The highest BCUT2D eigenvalue weighted by Gasteiger charge is 2.00. The summed E-state index contributed by atoms with van der Waals surface area (Å²) in [4.78, 5) is 25.5. The van der Waals surface area contributed by atoms with Crippen LogP contribution in [-0.2, 0) is 33.3 Å². The van der Waals surface area contributed by atoms with Crippen molar-refractivity contribution < 1.29 is 38.4 Å². The number of esters is 2. The molecule has 0 aromatic heterocycles. The first-order valence-electron chi connectivity index (χ1n) is 6.99. The van der Waals surface area contributed by atoms with Crippen LogP contribution in [0.3, 0.4) is 0 Å². The minimum Gasteiger partial charge on any atom is -0.460 e. The molecule has 0 saturated carbocycles. The van der Waals surface area contributed by atoms with E-state index >= 15 is 0 Å². The number of aliphatic hydroxyl groups excluding tert-OH is 1. The highest BCUT2D eigenvalue weighted by atomic mass is 16.6. The minimum absolute atomic E-state index is 0.00969. The van der Waals surface area contributed by atoms with E-state index in [1.165, 1.54) is 0 Å². The summed E-state index contributed by atoms with van der Waals surface area (Å²) in [5.74, 6) is -1.37. The minimum atomic E-state index is -0.703. The van der Waals surface area contributed by atoms with Gasteiger partial charge in [-0.05, 0) is 6.72 Å². The van der Waals surface area contributed by atoms with Gasteiger partial charge in [-0.1, -0.05) is 0 Å². The summed E-state index contributed by atoms with van der Waals surface area (Å²) >= 11 is 0. The van der Waals surface area contributed by atoms with Gasteiger partial charge in [-0.15, -0.1) is 0 Å². The van der Waals surface area contributed by atoms with Crippen LogP contribution in [0.2, 0.25) is 0 Å². The maximum atomic E-state index is 11.2. The van der Waals surface area contributed by atoms with Gasteiger partial charge in [0.15, 0.2) is 6.73 Å². The highest BCUT2D eigenvalue weighted by molar-refractivity contribution is 5.91. The van der Waals surface area contributed by atoms with Gasteiger partial charge in [-0.3, -0.25) is 4.99 Å². The summed E-state index contributed by atoms with van der Waals surface area (Å²) in [6, 6.07) is 0. The molecule has 0 radical (unpaired) electrons. The molecular formula is C14H23NO8. The summed E-state index contributed by atoms with van der Waals surface area (Å²) in [5, 5.41) is 8.47. The van der Waals surface area contributed by atoms with Gasteiger partial charge >= 0.3 is 11.9 Å². The lowest BCUT2D eigenvalue weighted by Gasteiger charge is -2.06. The molecule has 0 unspecified atom stereocenters. The summed E-state index contributed by atoms with van der Waals surface area (Å²) in [7, 11) is 0. The number of carbonyl (C=O) groups is 2. The molecule has 0 amide bonds. The molecule has 0 spiro atoms. The normalized spacial score (nSPS) is 10.7. The smallest absolute Gasteiger partial charge is 0.332 e. The number of carbonyl (C=O) groups excluding carboxylic acids is 2. The third-order valence-corrected chi connectivity index (χ3v) is 2.11. The molecule has 0 fully saturated rings. The van der Waals surface area contributed by atoms with E-state index in [1.807, 2.05) is 0 Å². The van der Waals surface area contributed by atoms with Crippen LogP contribution in [0.15, 0.2) is 17.1 Å². The van der Waals surface area contributed by atoms with Crippen LogP contribution in [0.1, 0.15) is 0 Å². The van der Waals surface area contributed by atoms with Crippen molar-refractivity contribution in [3.8, 4) is 0 Å². The topological polar surface area (TPSA) is 113 Å². The first-order valence-corrected chi connectivity index (χ1v) is 6.99. The standard InChI is InChI=1S/C14H23NO8/c1-15-12-23-14(18)3-2-13(17)22-11-10-21-9-8-20-7-6-19-5-4-16/h2-3,16H,1,4-12H2/b3-2+. The van der Waals surface area contributed by atoms with Crippen molar-refractivity contribution in [3.63, 3.8) is 0 Å². The number of rotatable bonds is 15. The molecule has 0 aromatic rings. The van der Waals surface area contributed by atoms with E-state index in [1.54, 1.807) is 0 Å². The molecule has 1 N–H and O–H groups in total. The van der Waals surface area contributed by atoms with Crippen molar-refractivity contribution in [3.05, 3.63) is 12.2 Å². The largest absolute Gasteiger partial charge is 0.460 e. The zero-order valence-corrected chi connectivity index (χ0v) is 13.0. The Morgan fingerprint density at radius 1 is 0.826 bits per heavy atom. The molecule has 0 saturated heterocycles. The van der Waals surface area contributed by atoms with Crippen LogP contribution in [-0.4, -0.2) is 83.3 Å². The second-order valence-electron chi connectivity index (χ2n) is 3.88. The van der Waals surface area contributed by atoms with Crippen molar-refractivity contribution in [2.24, 2.45) is 4.99 Å². The third kappa shape index (κ3) is 16.4. The number of hydrogen-bond acceptors (Lipinski definition) is 9. The molecule has 0 aliphatic carbocycles. The maximum absolute atomic E-state index is 11.2. The predicted octanol–water partition coefficient (Wildman–Crippen LogP) is -0.671. The van der Waals surface area contributed by atoms with Crippen molar-refractivity contribution in [2.75, 3.05) is 59.6 Å². The fourth-order valence-corrected chi connectivity index (χ4v) is 1.15. The Labute approximate surface area is 134 Å². The average molecular weight is 333 g/mol. The summed E-state index contributed by atoms with van der Waals surface area (Å²) < 4.78 is 24.7. The van der Waals surface area contributed by atoms with Gasteiger partial charge in [0.1, 0.15) is 6.61 Å². The average Bonchev–Trinajstić information content (AvgIpc) is 2.56. The number of nitrogens with zero attached hydrogens (tertiary/aromatic N) is 1. The lowest BCUT2D eigenvalue weighted by atomic mass is 10.5. The first-order chi connectivity index (χ1) is 11.2. The van der Waals surface area contributed by atoms with E-state index in [0.29, 0.717) is 33.0 Å². The van der Waals surface area contributed by atoms with E-state index in [2.05, 4.69) is 16.4 Å². The Kier molecular flexibility index (Phi) is 15.3. The zero-order valence-electron chi connectivity index (χ0n) is 13.0. The van der Waals surface area contributed by atoms with E-state index < -0.39 is 11.9 Å². The molecule has 132 valence electrons. The van der Waals surface area contributed by atoms with Crippen LogP contribution in [0.4, 0.5) is 0 Å². The SMILES string of the molecule is C=NCOC(=O)/C=C/C(=O)OCCOCCOCCOCCO. The van der Waals surface area contributed by atoms with Gasteiger partial charge in [-0.25, -0.2) is 9.59 Å². The number of ether oxygens (including phenoxy) is 5. The number of aliphatic imine (C=N–C) groups is 1. The number of hydrogen-bond donors (Lipinski definition) is 1. The van der Waals surface area contributed by atoms with Crippen LogP contribution in [0.25, 0.3) is 0 Å². The van der Waals surface area contributed by atoms with Crippen LogP contribution >= 0.6 is 0 Å². The molecular weight excluding hydrogens is 310 g/mol. The van der Waals surface area contributed by atoms with Gasteiger partial charge < -0.3 is 28.8 Å². The van der Waals surface area contributed by atoms with Crippen molar-refractivity contribution in [1.29, 1.82) is 0 Å². The van der Waals surface area contributed by atoms with Crippen molar-refractivity contribution >= 4 is 18.7 Å². The fourth-order valence-electron chi connectivity index (χ4n) is 1.15. The van der Waals surface area contributed by atoms with Gasteiger partial charge in [0.05, 0.1) is 46.2 Å². The quantitative estimate of drug-likeness (QED) is 0.182. The zero-order chi connectivity index (χ0) is 17.2. The Hall–Kier alpha value is -1.81. The summed E-state index contributed by atoms with van der Waals surface area (Å²) in [5.41, 5.74) is 0. The van der Waals surface area contributed by atoms with Crippen molar-refractivity contribution in [1.82, 2.24) is 0 Å². The molecule has 9 heteroatoms. The summed E-state index contributed by atoms with van der Waals surface area (Å²) in [6.45, 7) is 5.11. The third-order valence-electron chi connectivity index (χ3n) is 2.11. The molecule has 0 bridgehead atoms. The van der Waals surface area contributed by atoms with E-state index in [4.69, 9.17) is 24.1 Å². The van der Waals surface area contributed by atoms with E-state index in [0.717, 1.165) is 12.2 Å². The predicted molar refractivity (Wildman–Crippen MR) is 80.1 cm³/mol. The molecule has 0 aliphatic heterocycles. The monoisotopic (exact) mass is 333 g/mol. The second kappa shape index (κ2) is 16.6. The lowest BCUT2D eigenvalue weighted by Crippen LogP contribution is -2.13. The lowest BCUT2D eigenvalue weighted by molar-refractivity contribution is -0.141. The van der Waals surface area contributed by atoms with Gasteiger partial charge in [0, 0.05) is 12.2 Å². The molecule has 0 atom stereocenters. The Balaban J connectivity index is 3.37. The van der Waals surface area contributed by atoms with Crippen LogP contribution in [0, 0.1) is 0 Å². The second-order valence-corrected chi connectivity index (χ2v) is 3.88. The Bertz CT molecular complexity index is 359. The Morgan fingerprint density at radius 3 is 1.83 bits per heavy atom. The van der Waals surface area contributed by atoms with Gasteiger partial charge in [0.25, 0.3) is 0 Å². The van der Waals surface area contributed by atoms with E-state index in [-0.39, 0.29) is 26.6 Å². The first kappa shape index (κ1) is 21.2. The van der Waals surface area contributed by atoms with Crippen LogP contribution in [0.5, 0.6) is 0 Å². The molecule has 0 heterocycles. The molecule has 0 aromatic carbocycles. The van der Waals surface area contributed by atoms with E-state index in [9.17, 15) is 9.59 Å². The fraction of sp³-hybridized carbons (Fsp3) is 0.643. The van der Waals surface area contributed by atoms with Crippen LogP contribution < -0.4 is 0 Å². The highest BCUT2D eigenvalue weighted by Crippen LogP contribution is 1.87. The maximum Gasteiger partial charge on any atom is 0.332 e. The summed E-state index contributed by atoms with van der Waals surface area (Å²) in [6.07, 6.45) is 1.90. The number of aliphatic hydroxyl groups is 1. The molecule has 0 aliphatic rings. The molecule has 23 heavy (non-hydrogen) atoms. The van der Waals surface area contributed by atoms with Gasteiger partial charge in [0.2, 0.25) is 0 Å². The van der Waals surface area contributed by atoms with Crippen molar-refractivity contribution in [2.45, 2.75) is 0 Å². The Morgan fingerprint density at radius 2 is 1.30 bits per heavy atom. The van der Waals surface area contributed by atoms with Gasteiger partial charge in [-0.2, -0.15) is 0 Å². The molecule has 0 rings (SSSR count). The molecule has 9 nitrogen and oxygen atoms in total.